The Morgan fingerprint density at radius 1 is 1.23 bits per heavy atom. The summed E-state index contributed by atoms with van der Waals surface area (Å²) in [7, 11) is 1.14. The number of halogens is 7. The van der Waals surface area contributed by atoms with Crippen LogP contribution in [0.1, 0.15) is 48.0 Å². The maximum atomic E-state index is 15.5. The highest BCUT2D eigenvalue weighted by atomic mass is 32.1. The molecule has 250 valence electrons. The SMILES string of the molecule is COc1nn(CC(F)(F)F)cc1C(=O)NCc1nc(-c2sc3c(N[C@@H]4CC5=[N+]6[C@@H](CC6(C)C5)[C@@H]4F)cccc3c2CC(F)(F)F)no1. The Hall–Kier alpha value is -4.22. The fourth-order valence-corrected chi connectivity index (χ4v) is 8.23. The van der Waals surface area contributed by atoms with Crippen LogP contribution in [0.15, 0.2) is 28.9 Å². The molecule has 1 aromatic carbocycles. The molecule has 18 heteroatoms. The summed E-state index contributed by atoms with van der Waals surface area (Å²) in [5.41, 5.74) is 1.38. The predicted molar refractivity (Wildman–Crippen MR) is 154 cm³/mol. The number of aromatic nitrogens is 4. The van der Waals surface area contributed by atoms with E-state index >= 15 is 4.39 Å². The summed E-state index contributed by atoms with van der Waals surface area (Å²) in [6, 6.07) is 4.14. The van der Waals surface area contributed by atoms with Gasteiger partial charge in [0.25, 0.3) is 5.91 Å². The Labute approximate surface area is 265 Å². The lowest BCUT2D eigenvalue weighted by Gasteiger charge is -2.54. The number of amides is 1. The van der Waals surface area contributed by atoms with Crippen LogP contribution in [-0.2, 0) is 19.5 Å². The Balaban J connectivity index is 1.13. The zero-order chi connectivity index (χ0) is 33.5. The van der Waals surface area contributed by atoms with Crippen LogP contribution in [0, 0.1) is 0 Å². The van der Waals surface area contributed by atoms with E-state index in [0.29, 0.717) is 26.9 Å². The Kier molecular flexibility index (Phi) is 7.29. The lowest BCUT2D eigenvalue weighted by Crippen LogP contribution is -2.75. The van der Waals surface area contributed by atoms with Crippen LogP contribution in [0.2, 0.25) is 0 Å². The fraction of sp³-hybridized carbons (Fsp3) is 0.483. The van der Waals surface area contributed by atoms with Crippen LogP contribution >= 0.6 is 11.3 Å². The standard InChI is InChI=1S/C29H26F7N7O3S/c1-27-7-13-6-18(21(30)19(9-27)43(13)27)38-17-5-3-4-14-15(8-28(31,32)33)23(47-22(14)17)24-39-20(46-41-24)10-37-25(44)16-11-42(12-29(34,35)36)40-26(16)45-2/h3-5,11,18-19,21,38H,6-10,12H2,1-2H3/p+1/t18-,19+,21-,27?/m1/s1. The molecule has 0 spiro atoms. The smallest absolute Gasteiger partial charge is 0.408 e. The summed E-state index contributed by atoms with van der Waals surface area (Å²) in [6.45, 7) is 0.292. The molecule has 0 radical (unpaired) electrons. The first kappa shape index (κ1) is 31.4. The molecule has 10 nitrogen and oxygen atoms in total. The van der Waals surface area contributed by atoms with Crippen LogP contribution in [0.5, 0.6) is 5.88 Å². The zero-order valence-corrected chi connectivity index (χ0v) is 25.6. The third-order valence-corrected chi connectivity index (χ3v) is 10.1. The van der Waals surface area contributed by atoms with Crippen molar-refractivity contribution in [3.63, 3.8) is 0 Å². The van der Waals surface area contributed by atoms with Crippen molar-refractivity contribution in [3.05, 3.63) is 41.4 Å². The van der Waals surface area contributed by atoms with Crippen molar-refractivity contribution >= 4 is 38.7 Å². The molecule has 7 rings (SSSR count). The molecule has 1 unspecified atom stereocenters. The maximum absolute atomic E-state index is 15.5. The van der Waals surface area contributed by atoms with Gasteiger partial charge in [0.2, 0.25) is 17.6 Å². The van der Waals surface area contributed by atoms with Gasteiger partial charge in [0, 0.05) is 13.1 Å². The molecule has 3 aliphatic rings. The number of methoxy groups -OCH3 is 1. The van der Waals surface area contributed by atoms with Crippen LogP contribution in [-0.4, -0.2) is 79.4 Å². The van der Waals surface area contributed by atoms with Gasteiger partial charge in [-0.2, -0.15) is 31.3 Å². The fourth-order valence-electron chi connectivity index (χ4n) is 7.01. The van der Waals surface area contributed by atoms with E-state index in [0.717, 1.165) is 37.5 Å². The minimum atomic E-state index is -4.58. The molecule has 0 aliphatic carbocycles. The number of carbonyl (C=O) groups is 1. The van der Waals surface area contributed by atoms with Gasteiger partial charge in [0.1, 0.15) is 12.1 Å². The number of nitrogens with one attached hydrogen (secondary N) is 2. The highest BCUT2D eigenvalue weighted by Crippen LogP contribution is 2.50. The Bertz CT molecular complexity index is 1910. The van der Waals surface area contributed by atoms with Gasteiger partial charge in [-0.05, 0) is 17.0 Å². The van der Waals surface area contributed by atoms with E-state index < -0.39 is 43.4 Å². The molecule has 47 heavy (non-hydrogen) atoms. The van der Waals surface area contributed by atoms with Crippen LogP contribution in [0.3, 0.4) is 0 Å². The number of hydrogen-bond acceptors (Lipinski definition) is 8. The average Bonchev–Trinajstić information content (AvgIpc) is 3.69. The summed E-state index contributed by atoms with van der Waals surface area (Å²) in [5, 5.41) is 13.5. The summed E-state index contributed by atoms with van der Waals surface area (Å²) < 4.78 is 109. The number of alkyl halides is 7. The van der Waals surface area contributed by atoms with Gasteiger partial charge in [-0.3, -0.25) is 9.48 Å². The third-order valence-electron chi connectivity index (χ3n) is 8.81. The number of benzene rings is 1. The van der Waals surface area contributed by atoms with Crippen molar-refractivity contribution in [2.75, 3.05) is 12.4 Å². The predicted octanol–water partition coefficient (Wildman–Crippen LogP) is 5.66. The summed E-state index contributed by atoms with van der Waals surface area (Å²) in [6.07, 6.45) is -8.54. The van der Waals surface area contributed by atoms with Gasteiger partial charge in [0.05, 0.1) is 60.6 Å². The lowest BCUT2D eigenvalue weighted by molar-refractivity contribution is -0.737. The summed E-state index contributed by atoms with van der Waals surface area (Å²) in [5.74, 6) is -1.51. The monoisotopic (exact) mass is 686 g/mol. The second-order valence-corrected chi connectivity index (χ2v) is 13.2. The average molecular weight is 687 g/mol. The Morgan fingerprint density at radius 2 is 2.02 bits per heavy atom. The van der Waals surface area contributed by atoms with Gasteiger partial charge in [-0.15, -0.1) is 16.4 Å². The number of fused-ring (bicyclic) bond motifs is 1. The van der Waals surface area contributed by atoms with E-state index in [4.69, 9.17) is 9.26 Å². The first-order valence-corrected chi connectivity index (χ1v) is 15.4. The highest BCUT2D eigenvalue weighted by Gasteiger charge is 2.69. The second kappa shape index (κ2) is 10.9. The molecule has 1 amide bonds. The number of rotatable bonds is 9. The maximum Gasteiger partial charge on any atom is 0.408 e. The Morgan fingerprint density at radius 3 is 2.72 bits per heavy atom. The first-order chi connectivity index (χ1) is 22.1. The first-order valence-electron chi connectivity index (χ1n) is 14.6. The normalized spacial score (nSPS) is 23.7. The molecule has 0 saturated carbocycles. The molecule has 1 fully saturated rings. The van der Waals surface area contributed by atoms with E-state index in [2.05, 4.69) is 37.4 Å². The topological polar surface area (TPSA) is 110 Å². The van der Waals surface area contributed by atoms with Gasteiger partial charge in [-0.25, -0.2) is 8.97 Å². The molecule has 3 aromatic heterocycles. The third kappa shape index (κ3) is 5.69. The molecular weight excluding hydrogens is 659 g/mol. The molecular formula is C29H27F7N7O3S+. The summed E-state index contributed by atoms with van der Waals surface area (Å²) >= 11 is 1.01. The lowest BCUT2D eigenvalue weighted by atomic mass is 9.64. The molecule has 2 N–H and O–H groups in total. The largest absolute Gasteiger partial charge is 0.479 e. The molecule has 0 bridgehead atoms. The van der Waals surface area contributed by atoms with Gasteiger partial charge < -0.3 is 19.9 Å². The summed E-state index contributed by atoms with van der Waals surface area (Å²) in [4.78, 5) is 17.0. The van der Waals surface area contributed by atoms with Gasteiger partial charge >= 0.3 is 12.4 Å². The second-order valence-electron chi connectivity index (χ2n) is 12.2. The van der Waals surface area contributed by atoms with E-state index in [1.54, 1.807) is 18.2 Å². The quantitative estimate of drug-likeness (QED) is 0.173. The van der Waals surface area contributed by atoms with Crippen LogP contribution in [0.4, 0.5) is 36.4 Å². The van der Waals surface area contributed by atoms with Gasteiger partial charge in [-0.1, -0.05) is 17.3 Å². The highest BCUT2D eigenvalue weighted by molar-refractivity contribution is 7.23. The van der Waals surface area contributed by atoms with E-state index in [1.807, 2.05) is 0 Å². The zero-order valence-electron chi connectivity index (χ0n) is 24.8. The number of anilines is 1. The molecule has 3 aliphatic heterocycles. The van der Waals surface area contributed by atoms with E-state index in [9.17, 15) is 31.1 Å². The minimum Gasteiger partial charge on any atom is -0.479 e. The van der Waals surface area contributed by atoms with Crippen LogP contribution in [0.25, 0.3) is 20.8 Å². The molecule has 4 atom stereocenters. The number of nitrogens with zero attached hydrogens (tertiary/aromatic N) is 5. The van der Waals surface area contributed by atoms with Crippen molar-refractivity contribution in [2.45, 2.75) is 81.8 Å². The molecule has 4 aromatic rings. The molecule has 6 heterocycles. The van der Waals surface area contributed by atoms with Crippen molar-refractivity contribution < 1.29 is 49.4 Å². The number of hydrogen-bond donors (Lipinski definition) is 2. The number of carbonyl (C=O) groups excluding carboxylic acids is 1. The van der Waals surface area contributed by atoms with Crippen molar-refractivity contribution in [1.29, 1.82) is 0 Å². The van der Waals surface area contributed by atoms with E-state index in [-0.39, 0.29) is 51.7 Å². The molecule has 1 saturated heterocycles. The van der Waals surface area contributed by atoms with Crippen LogP contribution < -0.4 is 15.4 Å². The van der Waals surface area contributed by atoms with E-state index in [1.165, 1.54) is 5.71 Å². The van der Waals surface area contributed by atoms with Crippen molar-refractivity contribution in [3.8, 4) is 16.6 Å². The minimum absolute atomic E-state index is 0.0451. The number of thiophene rings is 1. The van der Waals surface area contributed by atoms with Crippen molar-refractivity contribution in [1.82, 2.24) is 25.2 Å². The van der Waals surface area contributed by atoms with Gasteiger partial charge in [0.15, 0.2) is 23.5 Å². The number of ether oxygens (including phenoxy) is 1. The van der Waals surface area contributed by atoms with Crippen molar-refractivity contribution in [2.24, 2.45) is 0 Å².